The van der Waals surface area contributed by atoms with Gasteiger partial charge < -0.3 is 4.42 Å². The summed E-state index contributed by atoms with van der Waals surface area (Å²) in [7, 11) is -3.65. The quantitative estimate of drug-likeness (QED) is 0.395. The van der Waals surface area contributed by atoms with Crippen LogP contribution in [0.15, 0.2) is 52.9 Å². The summed E-state index contributed by atoms with van der Waals surface area (Å²) in [6.07, 6.45) is 1.27. The van der Waals surface area contributed by atoms with Crippen LogP contribution in [0.25, 0.3) is 21.3 Å². The first-order valence-corrected chi connectivity index (χ1v) is 13.2. The number of sulfone groups is 1. The van der Waals surface area contributed by atoms with E-state index in [0.717, 1.165) is 34.2 Å². The van der Waals surface area contributed by atoms with Crippen molar-refractivity contribution in [2.24, 2.45) is 0 Å². The Hall–Kier alpha value is -2.80. The van der Waals surface area contributed by atoms with Crippen LogP contribution in [0, 0.1) is 0 Å². The van der Waals surface area contributed by atoms with Crippen molar-refractivity contribution in [1.82, 2.24) is 24.6 Å². The van der Waals surface area contributed by atoms with E-state index < -0.39 is 21.1 Å². The van der Waals surface area contributed by atoms with E-state index in [-0.39, 0.29) is 24.1 Å². The lowest BCUT2D eigenvalue weighted by molar-refractivity contribution is -0.120. The summed E-state index contributed by atoms with van der Waals surface area (Å²) in [5.41, 5.74) is 2.78. The van der Waals surface area contributed by atoms with Gasteiger partial charge in [-0.2, -0.15) is 0 Å². The number of thiazole rings is 1. The molecule has 2 aromatic carbocycles. The Kier molecular flexibility index (Phi) is 5.45. The molecule has 5 rings (SSSR count). The third-order valence-electron chi connectivity index (χ3n) is 4.92. The van der Waals surface area contributed by atoms with Gasteiger partial charge in [-0.05, 0) is 23.3 Å². The highest BCUT2D eigenvalue weighted by atomic mass is 32.2. The molecule has 164 valence electrons. The van der Waals surface area contributed by atoms with Crippen molar-refractivity contribution in [2.45, 2.75) is 17.7 Å². The zero-order valence-corrected chi connectivity index (χ0v) is 19.1. The molecule has 0 saturated carbocycles. The van der Waals surface area contributed by atoms with Crippen LogP contribution in [0.2, 0.25) is 0 Å². The number of rotatable bonds is 6. The summed E-state index contributed by atoms with van der Waals surface area (Å²) in [5, 5.41) is 7.09. The van der Waals surface area contributed by atoms with Crippen molar-refractivity contribution < 1.29 is 17.6 Å². The lowest BCUT2D eigenvalue weighted by Gasteiger charge is -2.07. The molecular weight excluding hydrogens is 470 g/mol. The first-order chi connectivity index (χ1) is 15.4. The molecule has 1 fully saturated rings. The zero-order chi connectivity index (χ0) is 22.3. The Labute approximate surface area is 191 Å². The molecule has 2 N–H and O–H groups in total. The van der Waals surface area contributed by atoms with Gasteiger partial charge in [0.05, 0.1) is 16.6 Å². The van der Waals surface area contributed by atoms with E-state index in [1.807, 2.05) is 48.5 Å². The standard InChI is InChI=1S/C20H17N5O4S3/c1-32(27,28)17(19-23-22-16(29-19)10-14-18(26)25-31-24-14)20-21-13-8-7-12(9-15(13)30-20)11-5-3-2-4-6-11/h2-9,14,17,24H,10H2,1H3,(H,25,26)/t14-,17?/m0/s1. The van der Waals surface area contributed by atoms with E-state index >= 15 is 0 Å². The van der Waals surface area contributed by atoms with Gasteiger partial charge in [0, 0.05) is 18.4 Å². The Morgan fingerprint density at radius 2 is 1.94 bits per heavy atom. The van der Waals surface area contributed by atoms with Crippen molar-refractivity contribution in [2.75, 3.05) is 6.26 Å². The number of hydrogen-bond donors (Lipinski definition) is 2. The average molecular weight is 488 g/mol. The minimum Gasteiger partial charge on any atom is -0.423 e. The Bertz CT molecular complexity index is 1400. The molecule has 1 amide bonds. The van der Waals surface area contributed by atoms with Gasteiger partial charge in [-0.3, -0.25) is 9.52 Å². The second-order valence-corrected chi connectivity index (χ2v) is 11.1. The molecule has 12 heteroatoms. The summed E-state index contributed by atoms with van der Waals surface area (Å²) in [4.78, 5) is 16.3. The fourth-order valence-corrected chi connectivity index (χ4v) is 6.54. The van der Waals surface area contributed by atoms with Gasteiger partial charge in [0.25, 0.3) is 0 Å². The van der Waals surface area contributed by atoms with Crippen molar-refractivity contribution in [1.29, 1.82) is 0 Å². The monoisotopic (exact) mass is 487 g/mol. The predicted molar refractivity (Wildman–Crippen MR) is 122 cm³/mol. The van der Waals surface area contributed by atoms with Gasteiger partial charge in [-0.15, -0.1) is 21.5 Å². The predicted octanol–water partition coefficient (Wildman–Crippen LogP) is 2.67. The molecule has 2 atom stereocenters. The number of nitrogens with zero attached hydrogens (tertiary/aromatic N) is 3. The maximum Gasteiger partial charge on any atom is 0.249 e. The molecule has 3 heterocycles. The van der Waals surface area contributed by atoms with Crippen LogP contribution < -0.4 is 9.44 Å². The summed E-state index contributed by atoms with van der Waals surface area (Å²) >= 11 is 2.36. The Morgan fingerprint density at radius 1 is 1.12 bits per heavy atom. The van der Waals surface area contributed by atoms with E-state index in [1.165, 1.54) is 11.3 Å². The summed E-state index contributed by atoms with van der Waals surface area (Å²) < 4.78 is 37.3. The number of benzene rings is 2. The molecule has 0 spiro atoms. The maximum absolute atomic E-state index is 12.7. The van der Waals surface area contributed by atoms with Crippen LogP contribution in [0.4, 0.5) is 0 Å². The lowest BCUT2D eigenvalue weighted by Crippen LogP contribution is -2.30. The normalized spacial score (nSPS) is 17.5. The minimum atomic E-state index is -3.65. The second-order valence-electron chi connectivity index (χ2n) is 7.29. The van der Waals surface area contributed by atoms with Crippen LogP contribution in [-0.2, 0) is 21.1 Å². The first-order valence-electron chi connectivity index (χ1n) is 9.57. The molecule has 4 aromatic rings. The van der Waals surface area contributed by atoms with Crippen LogP contribution >= 0.6 is 23.5 Å². The smallest absolute Gasteiger partial charge is 0.249 e. The van der Waals surface area contributed by atoms with Gasteiger partial charge in [-0.1, -0.05) is 36.4 Å². The average Bonchev–Trinajstić information content (AvgIpc) is 3.48. The van der Waals surface area contributed by atoms with Crippen molar-refractivity contribution in [3.63, 3.8) is 0 Å². The molecule has 32 heavy (non-hydrogen) atoms. The van der Waals surface area contributed by atoms with E-state index in [2.05, 4.69) is 24.6 Å². The van der Waals surface area contributed by atoms with E-state index in [9.17, 15) is 13.2 Å². The van der Waals surface area contributed by atoms with Gasteiger partial charge in [0.2, 0.25) is 17.7 Å². The van der Waals surface area contributed by atoms with Crippen LogP contribution in [-0.4, -0.2) is 41.8 Å². The third-order valence-corrected chi connectivity index (χ3v) is 8.14. The summed E-state index contributed by atoms with van der Waals surface area (Å²) in [6.45, 7) is 0. The Balaban J connectivity index is 1.49. The molecule has 1 saturated heterocycles. The highest BCUT2D eigenvalue weighted by Gasteiger charge is 2.35. The number of carbonyl (C=O) groups is 1. The lowest BCUT2D eigenvalue weighted by atomic mass is 10.1. The first kappa shape index (κ1) is 21.1. The largest absolute Gasteiger partial charge is 0.423 e. The second kappa shape index (κ2) is 8.28. The fourth-order valence-electron chi connectivity index (χ4n) is 3.38. The Morgan fingerprint density at radius 3 is 2.66 bits per heavy atom. The minimum absolute atomic E-state index is 0.0594. The number of fused-ring (bicyclic) bond motifs is 1. The van der Waals surface area contributed by atoms with E-state index in [0.29, 0.717) is 10.5 Å². The number of carbonyl (C=O) groups excluding carboxylic acids is 1. The molecule has 0 radical (unpaired) electrons. The molecule has 2 aromatic heterocycles. The zero-order valence-electron chi connectivity index (χ0n) is 16.7. The SMILES string of the molecule is CS(=O)(=O)C(c1nnc(C[C@@H]2NSNC2=O)o1)c1nc2ccc(-c3ccccc3)cc2s1. The van der Waals surface area contributed by atoms with E-state index in [4.69, 9.17) is 4.42 Å². The molecule has 9 nitrogen and oxygen atoms in total. The topological polar surface area (TPSA) is 127 Å². The maximum atomic E-state index is 12.7. The highest BCUT2D eigenvalue weighted by Crippen LogP contribution is 2.36. The highest BCUT2D eigenvalue weighted by molar-refractivity contribution is 7.96. The van der Waals surface area contributed by atoms with Gasteiger partial charge in [0.15, 0.2) is 15.1 Å². The summed E-state index contributed by atoms with van der Waals surface area (Å²) in [6, 6.07) is 15.2. The number of hydrogen-bond acceptors (Lipinski definition) is 10. The van der Waals surface area contributed by atoms with Gasteiger partial charge >= 0.3 is 0 Å². The summed E-state index contributed by atoms with van der Waals surface area (Å²) in [5.74, 6) is -0.0815. The van der Waals surface area contributed by atoms with Gasteiger partial charge in [-0.25, -0.2) is 18.1 Å². The molecule has 1 unspecified atom stereocenters. The third kappa shape index (κ3) is 4.13. The van der Waals surface area contributed by atoms with Crippen LogP contribution in [0.3, 0.4) is 0 Å². The molecule has 0 bridgehead atoms. The van der Waals surface area contributed by atoms with Gasteiger partial charge in [0.1, 0.15) is 11.0 Å². The molecule has 0 aliphatic carbocycles. The fraction of sp³-hybridized carbons (Fsp3) is 0.200. The molecule has 1 aliphatic heterocycles. The van der Waals surface area contributed by atoms with Crippen molar-refractivity contribution in [3.05, 3.63) is 65.3 Å². The van der Waals surface area contributed by atoms with Crippen LogP contribution in [0.5, 0.6) is 0 Å². The van der Waals surface area contributed by atoms with E-state index in [1.54, 1.807) is 0 Å². The number of amides is 1. The van der Waals surface area contributed by atoms with Crippen molar-refractivity contribution >= 4 is 49.4 Å². The molecular formula is C20H17N5O4S3. The van der Waals surface area contributed by atoms with Crippen molar-refractivity contribution in [3.8, 4) is 11.1 Å². The molecule has 1 aliphatic rings. The number of aromatic nitrogens is 3. The number of nitrogens with one attached hydrogen (secondary N) is 2. The van der Waals surface area contributed by atoms with Crippen LogP contribution in [0.1, 0.15) is 22.0 Å².